The van der Waals surface area contributed by atoms with Gasteiger partial charge in [-0.2, -0.15) is 17.0 Å². The summed E-state index contributed by atoms with van der Waals surface area (Å²) in [6, 6.07) is 4.24. The van der Waals surface area contributed by atoms with Crippen molar-refractivity contribution in [2.75, 3.05) is 27.2 Å². The molecule has 0 amide bonds. The average Bonchev–Trinajstić information content (AvgIpc) is 2.82. The quantitative estimate of drug-likeness (QED) is 0.848. The van der Waals surface area contributed by atoms with E-state index in [1.807, 2.05) is 0 Å². The van der Waals surface area contributed by atoms with Crippen LogP contribution < -0.4 is 0 Å². The minimum atomic E-state index is -3.22. The summed E-state index contributed by atoms with van der Waals surface area (Å²) in [6.07, 6.45) is 3.02. The van der Waals surface area contributed by atoms with Gasteiger partial charge < -0.3 is 0 Å². The second-order valence-electron chi connectivity index (χ2n) is 4.92. The topological polar surface area (TPSA) is 40.6 Å². The van der Waals surface area contributed by atoms with E-state index < -0.39 is 10.2 Å². The van der Waals surface area contributed by atoms with Crippen molar-refractivity contribution in [3.05, 3.63) is 22.4 Å². The highest BCUT2D eigenvalue weighted by Gasteiger charge is 2.29. The van der Waals surface area contributed by atoms with Gasteiger partial charge in [0, 0.05) is 32.1 Å². The first-order chi connectivity index (χ1) is 8.50. The first-order valence-electron chi connectivity index (χ1n) is 6.20. The Labute approximate surface area is 113 Å². The number of rotatable bonds is 4. The molecule has 1 aliphatic rings. The van der Waals surface area contributed by atoms with Gasteiger partial charge in [0.2, 0.25) is 0 Å². The molecule has 4 nitrogen and oxygen atoms in total. The van der Waals surface area contributed by atoms with Crippen LogP contribution in [-0.2, 0) is 16.6 Å². The summed E-state index contributed by atoms with van der Waals surface area (Å²) in [7, 11) is -0.0354. The van der Waals surface area contributed by atoms with E-state index in [0.717, 1.165) is 19.3 Å². The highest BCUT2D eigenvalue weighted by atomic mass is 32.2. The fourth-order valence-corrected chi connectivity index (χ4v) is 4.24. The standard InChI is InChI=1S/C12H20N2O2S2/c1-13(2)18(15,16)14-7-5-11(6-8-14)10-12-4-3-9-17-12/h3-4,9,11H,5-8,10H2,1-2H3. The Bertz CT molecular complexity index is 460. The molecule has 6 heteroatoms. The number of nitrogens with zero attached hydrogens (tertiary/aromatic N) is 2. The molecule has 2 rings (SSSR count). The summed E-state index contributed by atoms with van der Waals surface area (Å²) in [4.78, 5) is 1.41. The molecule has 0 aromatic carbocycles. The molecule has 1 aliphatic heterocycles. The molecule has 18 heavy (non-hydrogen) atoms. The maximum Gasteiger partial charge on any atom is 0.281 e. The van der Waals surface area contributed by atoms with Gasteiger partial charge in [0.25, 0.3) is 10.2 Å². The fraction of sp³-hybridized carbons (Fsp3) is 0.667. The lowest BCUT2D eigenvalue weighted by molar-refractivity contribution is 0.262. The third-order valence-corrected chi connectivity index (χ3v) is 6.27. The van der Waals surface area contributed by atoms with E-state index in [0.29, 0.717) is 19.0 Å². The third kappa shape index (κ3) is 3.12. The minimum Gasteiger partial charge on any atom is -0.195 e. The van der Waals surface area contributed by atoms with Gasteiger partial charge in [-0.05, 0) is 36.6 Å². The summed E-state index contributed by atoms with van der Waals surface area (Å²) in [6.45, 7) is 1.30. The lowest BCUT2D eigenvalue weighted by Gasteiger charge is -2.32. The molecule has 1 aromatic heterocycles. The normalized spacial score (nSPS) is 19.5. The van der Waals surface area contributed by atoms with E-state index in [1.54, 1.807) is 29.7 Å². The van der Waals surface area contributed by atoms with E-state index in [2.05, 4.69) is 17.5 Å². The molecular formula is C12H20N2O2S2. The average molecular weight is 288 g/mol. The molecule has 0 aliphatic carbocycles. The van der Waals surface area contributed by atoms with Crippen LogP contribution in [0.4, 0.5) is 0 Å². The van der Waals surface area contributed by atoms with Crippen molar-refractivity contribution < 1.29 is 8.42 Å². The van der Waals surface area contributed by atoms with Crippen LogP contribution in [-0.4, -0.2) is 44.2 Å². The molecule has 0 atom stereocenters. The molecule has 2 heterocycles. The van der Waals surface area contributed by atoms with E-state index in [4.69, 9.17) is 0 Å². The van der Waals surface area contributed by atoms with Crippen LogP contribution in [0.2, 0.25) is 0 Å². The number of piperidine rings is 1. The Morgan fingerprint density at radius 1 is 1.39 bits per heavy atom. The fourth-order valence-electron chi connectivity index (χ4n) is 2.29. The van der Waals surface area contributed by atoms with Gasteiger partial charge in [0.05, 0.1) is 0 Å². The van der Waals surface area contributed by atoms with Crippen LogP contribution in [0.25, 0.3) is 0 Å². The van der Waals surface area contributed by atoms with Gasteiger partial charge in [-0.15, -0.1) is 11.3 Å². The second-order valence-corrected chi connectivity index (χ2v) is 8.09. The van der Waals surface area contributed by atoms with Crippen LogP contribution in [0.1, 0.15) is 17.7 Å². The molecule has 1 saturated heterocycles. The molecule has 1 fully saturated rings. The van der Waals surface area contributed by atoms with Gasteiger partial charge in [0.15, 0.2) is 0 Å². The van der Waals surface area contributed by atoms with Crippen LogP contribution in [0.3, 0.4) is 0 Å². The molecule has 0 unspecified atom stereocenters. The zero-order valence-corrected chi connectivity index (χ0v) is 12.5. The summed E-state index contributed by atoms with van der Waals surface area (Å²) in [5.74, 6) is 0.622. The molecule has 0 saturated carbocycles. The van der Waals surface area contributed by atoms with E-state index in [-0.39, 0.29) is 0 Å². The smallest absolute Gasteiger partial charge is 0.195 e. The zero-order chi connectivity index (χ0) is 13.2. The van der Waals surface area contributed by atoms with E-state index in [1.165, 1.54) is 9.18 Å². The van der Waals surface area contributed by atoms with Crippen molar-refractivity contribution in [1.82, 2.24) is 8.61 Å². The SMILES string of the molecule is CN(C)S(=O)(=O)N1CCC(Cc2cccs2)CC1. The van der Waals surface area contributed by atoms with Crippen LogP contribution in [0.15, 0.2) is 17.5 Å². The van der Waals surface area contributed by atoms with Gasteiger partial charge in [-0.1, -0.05) is 6.07 Å². The molecule has 0 N–H and O–H groups in total. The van der Waals surface area contributed by atoms with Crippen LogP contribution in [0, 0.1) is 5.92 Å². The number of hydrogen-bond donors (Lipinski definition) is 0. The van der Waals surface area contributed by atoms with E-state index >= 15 is 0 Å². The minimum absolute atomic E-state index is 0.622. The molecule has 0 bridgehead atoms. The van der Waals surface area contributed by atoms with Gasteiger partial charge in [-0.3, -0.25) is 0 Å². The van der Waals surface area contributed by atoms with Crippen molar-refractivity contribution in [2.24, 2.45) is 5.92 Å². The lowest BCUT2D eigenvalue weighted by atomic mass is 9.94. The molecule has 0 radical (unpaired) electrons. The zero-order valence-electron chi connectivity index (χ0n) is 10.9. The van der Waals surface area contributed by atoms with E-state index in [9.17, 15) is 8.42 Å². The largest absolute Gasteiger partial charge is 0.281 e. The Morgan fingerprint density at radius 2 is 2.06 bits per heavy atom. The number of thiophene rings is 1. The predicted molar refractivity (Wildman–Crippen MR) is 74.9 cm³/mol. The maximum atomic E-state index is 12.0. The van der Waals surface area contributed by atoms with Crippen molar-refractivity contribution in [3.8, 4) is 0 Å². The highest BCUT2D eigenvalue weighted by Crippen LogP contribution is 2.25. The maximum absolute atomic E-state index is 12.0. The van der Waals surface area contributed by atoms with Gasteiger partial charge >= 0.3 is 0 Å². The molecular weight excluding hydrogens is 268 g/mol. The van der Waals surface area contributed by atoms with Crippen molar-refractivity contribution in [2.45, 2.75) is 19.3 Å². The highest BCUT2D eigenvalue weighted by molar-refractivity contribution is 7.86. The van der Waals surface area contributed by atoms with Gasteiger partial charge in [0.1, 0.15) is 0 Å². The summed E-state index contributed by atoms with van der Waals surface area (Å²) >= 11 is 1.79. The van der Waals surface area contributed by atoms with Crippen LogP contribution >= 0.6 is 11.3 Å². The second kappa shape index (κ2) is 5.69. The van der Waals surface area contributed by atoms with Crippen LogP contribution in [0.5, 0.6) is 0 Å². The lowest BCUT2D eigenvalue weighted by Crippen LogP contribution is -2.44. The third-order valence-electron chi connectivity index (χ3n) is 3.43. The molecule has 0 spiro atoms. The monoisotopic (exact) mass is 288 g/mol. The van der Waals surface area contributed by atoms with Crippen molar-refractivity contribution >= 4 is 21.5 Å². The summed E-state index contributed by atoms with van der Waals surface area (Å²) < 4.78 is 26.8. The first kappa shape index (κ1) is 14.0. The summed E-state index contributed by atoms with van der Waals surface area (Å²) in [5, 5.41) is 2.10. The Balaban J connectivity index is 1.89. The van der Waals surface area contributed by atoms with Gasteiger partial charge in [-0.25, -0.2) is 0 Å². The Morgan fingerprint density at radius 3 is 2.56 bits per heavy atom. The Hall–Kier alpha value is -0.430. The summed E-state index contributed by atoms with van der Waals surface area (Å²) in [5.41, 5.74) is 0. The predicted octanol–water partition coefficient (Wildman–Crippen LogP) is 1.81. The molecule has 1 aromatic rings. The van der Waals surface area contributed by atoms with Crippen molar-refractivity contribution in [1.29, 1.82) is 0 Å². The van der Waals surface area contributed by atoms with Crippen molar-refractivity contribution in [3.63, 3.8) is 0 Å². The molecule has 102 valence electrons. The Kier molecular flexibility index (Phi) is 4.42. The first-order valence-corrected chi connectivity index (χ1v) is 8.48. The number of hydrogen-bond acceptors (Lipinski definition) is 3.